The lowest BCUT2D eigenvalue weighted by Crippen LogP contribution is -2.40. The first-order valence-electron chi connectivity index (χ1n) is 7.60. The fourth-order valence-electron chi connectivity index (χ4n) is 2.33. The first kappa shape index (κ1) is 18.8. The fourth-order valence-corrected chi connectivity index (χ4v) is 2.80. The number of aryl methyl sites for hydroxylation is 1. The smallest absolute Gasteiger partial charge is 0.316 e. The van der Waals surface area contributed by atoms with Gasteiger partial charge >= 0.3 is 5.97 Å². The van der Waals surface area contributed by atoms with E-state index in [0.29, 0.717) is 15.6 Å². The largest absolute Gasteiger partial charge is 0.427 e. The van der Waals surface area contributed by atoms with E-state index in [1.54, 1.807) is 46.8 Å². The molecule has 1 amide bonds. The fraction of sp³-hybridized carbons (Fsp3) is 0.444. The Hall–Kier alpha value is -1.52. The van der Waals surface area contributed by atoms with Crippen molar-refractivity contribution in [2.45, 2.75) is 47.1 Å². The summed E-state index contributed by atoms with van der Waals surface area (Å²) in [7, 11) is 0. The summed E-state index contributed by atoms with van der Waals surface area (Å²) in [5.41, 5.74) is -0.0313. The highest BCUT2D eigenvalue weighted by atomic mass is 35.5. The molecule has 0 aromatic heterocycles. The molecule has 0 fully saturated rings. The van der Waals surface area contributed by atoms with Crippen LogP contribution in [0, 0.1) is 12.3 Å². The minimum atomic E-state index is -0.825. The van der Waals surface area contributed by atoms with E-state index >= 15 is 0 Å². The number of ether oxygens (including phenoxy) is 1. The number of amides is 1. The van der Waals surface area contributed by atoms with Crippen LogP contribution in [0.5, 0.6) is 0 Å². The lowest BCUT2D eigenvalue weighted by Gasteiger charge is -2.25. The van der Waals surface area contributed by atoms with E-state index in [1.807, 2.05) is 6.92 Å². The molecule has 1 aliphatic heterocycles. The van der Waals surface area contributed by atoms with Crippen LogP contribution in [0.1, 0.15) is 45.7 Å². The number of esters is 1. The summed E-state index contributed by atoms with van der Waals surface area (Å²) in [5.74, 6) is -0.512. The second-order valence-electron chi connectivity index (χ2n) is 7.50. The van der Waals surface area contributed by atoms with Crippen molar-refractivity contribution >= 4 is 40.7 Å². The maximum Gasteiger partial charge on any atom is 0.316 e. The van der Waals surface area contributed by atoms with E-state index in [9.17, 15) is 9.59 Å². The quantitative estimate of drug-likeness (QED) is 0.780. The van der Waals surface area contributed by atoms with Crippen molar-refractivity contribution < 1.29 is 14.3 Å². The molecule has 0 unspecified atom stereocenters. The molecule has 1 aromatic carbocycles. The average Bonchev–Trinajstić information content (AvgIpc) is 2.62. The Morgan fingerprint density at radius 1 is 1.17 bits per heavy atom. The molecule has 0 spiro atoms. The zero-order valence-corrected chi connectivity index (χ0v) is 16.1. The third kappa shape index (κ3) is 3.45. The van der Waals surface area contributed by atoms with E-state index in [0.717, 1.165) is 5.56 Å². The van der Waals surface area contributed by atoms with Gasteiger partial charge in [0, 0.05) is 15.6 Å². The third-order valence-corrected chi connectivity index (χ3v) is 4.49. The van der Waals surface area contributed by atoms with Crippen LogP contribution in [0.4, 0.5) is 0 Å². The topological polar surface area (TPSA) is 55.4 Å². The Bertz CT molecular complexity index is 758. The van der Waals surface area contributed by atoms with E-state index in [1.165, 1.54) is 0 Å². The Morgan fingerprint density at radius 2 is 1.75 bits per heavy atom. The van der Waals surface area contributed by atoms with Crippen molar-refractivity contribution in [3.63, 3.8) is 0 Å². The number of carbonyl (C=O) groups is 2. The van der Waals surface area contributed by atoms with Crippen LogP contribution in [-0.4, -0.2) is 17.4 Å². The second-order valence-corrected chi connectivity index (χ2v) is 8.32. The standard InChI is InChI=1S/C18H21Cl2NO3/c1-9-7-12(20)10(8-11(9)19)13-14(18(5,6)21-15(13)22)24-16(23)17(2,3)4/h7-8H,1-6H3,(H,21,22). The molecule has 0 atom stereocenters. The minimum Gasteiger partial charge on any atom is -0.427 e. The van der Waals surface area contributed by atoms with Crippen molar-refractivity contribution in [1.82, 2.24) is 5.32 Å². The van der Waals surface area contributed by atoms with Gasteiger partial charge in [0.2, 0.25) is 0 Å². The molecule has 0 aliphatic carbocycles. The van der Waals surface area contributed by atoms with Gasteiger partial charge in [-0.05, 0) is 59.2 Å². The molecule has 130 valence electrons. The molecule has 1 heterocycles. The van der Waals surface area contributed by atoms with Gasteiger partial charge in [0.05, 0.1) is 16.5 Å². The van der Waals surface area contributed by atoms with Crippen LogP contribution in [0.25, 0.3) is 5.57 Å². The van der Waals surface area contributed by atoms with Gasteiger partial charge in [0.15, 0.2) is 0 Å². The van der Waals surface area contributed by atoms with Crippen LogP contribution in [-0.2, 0) is 14.3 Å². The molecular formula is C18H21Cl2NO3. The van der Waals surface area contributed by atoms with Gasteiger partial charge < -0.3 is 10.1 Å². The van der Waals surface area contributed by atoms with Crippen LogP contribution < -0.4 is 5.32 Å². The summed E-state index contributed by atoms with van der Waals surface area (Å²) in [6.07, 6.45) is 0. The van der Waals surface area contributed by atoms with Crippen LogP contribution >= 0.6 is 23.2 Å². The van der Waals surface area contributed by atoms with E-state index < -0.39 is 16.9 Å². The SMILES string of the molecule is Cc1cc(Cl)c(C2=C(OC(=O)C(C)(C)C)C(C)(C)NC2=O)cc1Cl. The van der Waals surface area contributed by atoms with Gasteiger partial charge in [0.1, 0.15) is 5.76 Å². The van der Waals surface area contributed by atoms with Crippen LogP contribution in [0.2, 0.25) is 10.0 Å². The van der Waals surface area contributed by atoms with Gasteiger partial charge in [0.25, 0.3) is 5.91 Å². The van der Waals surface area contributed by atoms with Crippen molar-refractivity contribution in [1.29, 1.82) is 0 Å². The Morgan fingerprint density at radius 3 is 2.29 bits per heavy atom. The summed E-state index contributed by atoms with van der Waals surface area (Å²) in [6.45, 7) is 10.6. The van der Waals surface area contributed by atoms with Gasteiger partial charge in [-0.2, -0.15) is 0 Å². The maximum atomic E-state index is 12.5. The van der Waals surface area contributed by atoms with Crippen LogP contribution in [0.3, 0.4) is 0 Å². The highest BCUT2D eigenvalue weighted by molar-refractivity contribution is 6.37. The predicted octanol–water partition coefficient (Wildman–Crippen LogP) is 4.51. The van der Waals surface area contributed by atoms with Gasteiger partial charge in [-0.1, -0.05) is 23.2 Å². The number of hydrogen-bond acceptors (Lipinski definition) is 3. The molecule has 2 rings (SSSR count). The number of rotatable bonds is 2. The Labute approximate surface area is 152 Å². The molecular weight excluding hydrogens is 349 g/mol. The summed E-state index contributed by atoms with van der Waals surface area (Å²) in [4.78, 5) is 24.9. The second kappa shape index (κ2) is 6.08. The number of hydrogen-bond donors (Lipinski definition) is 1. The van der Waals surface area contributed by atoms with Gasteiger partial charge in [-0.15, -0.1) is 0 Å². The highest BCUT2D eigenvalue weighted by Gasteiger charge is 2.43. The number of carbonyl (C=O) groups excluding carboxylic acids is 2. The summed E-state index contributed by atoms with van der Waals surface area (Å²) >= 11 is 12.5. The average molecular weight is 370 g/mol. The molecule has 0 radical (unpaired) electrons. The molecule has 24 heavy (non-hydrogen) atoms. The molecule has 1 aliphatic rings. The van der Waals surface area contributed by atoms with Crippen molar-refractivity contribution in [2.75, 3.05) is 0 Å². The summed E-state index contributed by atoms with van der Waals surface area (Å²) < 4.78 is 5.61. The molecule has 6 heteroatoms. The lowest BCUT2D eigenvalue weighted by atomic mass is 9.95. The molecule has 1 N–H and O–H groups in total. The summed E-state index contributed by atoms with van der Waals surface area (Å²) in [6, 6.07) is 3.31. The van der Waals surface area contributed by atoms with Gasteiger partial charge in [-0.3, -0.25) is 9.59 Å². The zero-order valence-electron chi connectivity index (χ0n) is 14.6. The molecule has 1 aromatic rings. The van der Waals surface area contributed by atoms with E-state index in [2.05, 4.69) is 5.32 Å². The van der Waals surface area contributed by atoms with Crippen molar-refractivity contribution in [2.24, 2.45) is 5.41 Å². The predicted molar refractivity (Wildman–Crippen MR) is 95.9 cm³/mol. The van der Waals surface area contributed by atoms with Crippen molar-refractivity contribution in [3.8, 4) is 0 Å². The minimum absolute atomic E-state index is 0.240. The molecule has 0 saturated carbocycles. The normalized spacial score (nSPS) is 17.1. The zero-order chi connectivity index (χ0) is 18.4. The van der Waals surface area contributed by atoms with Crippen LogP contribution in [0.15, 0.2) is 17.9 Å². The summed E-state index contributed by atoms with van der Waals surface area (Å²) in [5, 5.41) is 3.68. The Balaban J connectivity index is 2.65. The van der Waals surface area contributed by atoms with Gasteiger partial charge in [-0.25, -0.2) is 0 Å². The maximum absolute atomic E-state index is 12.5. The third-order valence-electron chi connectivity index (χ3n) is 3.77. The first-order valence-corrected chi connectivity index (χ1v) is 8.36. The number of halogens is 2. The molecule has 4 nitrogen and oxygen atoms in total. The van der Waals surface area contributed by atoms with E-state index in [-0.39, 0.29) is 17.2 Å². The lowest BCUT2D eigenvalue weighted by molar-refractivity contribution is -0.149. The number of nitrogens with one attached hydrogen (secondary N) is 1. The highest BCUT2D eigenvalue weighted by Crippen LogP contribution is 2.39. The number of benzene rings is 1. The van der Waals surface area contributed by atoms with Crippen molar-refractivity contribution in [3.05, 3.63) is 39.1 Å². The van der Waals surface area contributed by atoms with E-state index in [4.69, 9.17) is 27.9 Å². The monoisotopic (exact) mass is 369 g/mol. The molecule has 0 bridgehead atoms. The molecule has 0 saturated heterocycles. The Kier molecular flexibility index (Phi) is 4.77. The first-order chi connectivity index (χ1) is 10.8.